The maximum Gasteiger partial charge on any atom is 0.0804 e. The van der Waals surface area contributed by atoms with Gasteiger partial charge in [0.25, 0.3) is 0 Å². The Kier molecular flexibility index (Phi) is 6.94. The van der Waals surface area contributed by atoms with Crippen molar-refractivity contribution in [2.24, 2.45) is 0 Å². The molecule has 4 aromatic carbocycles. The normalized spacial score (nSPS) is 14.7. The largest absolute Gasteiger partial charge is 0.384 e. The summed E-state index contributed by atoms with van der Waals surface area (Å²) in [6, 6.07) is 26.1. The number of allylic oxidation sites excluding steroid dienone is 3. The third-order valence-corrected chi connectivity index (χ3v) is 8.19. The third-order valence-electron chi connectivity index (χ3n) is 6.16. The number of thioether (sulfide) groups is 2. The smallest absolute Gasteiger partial charge is 0.0804 e. The molecule has 1 aliphatic rings. The van der Waals surface area contributed by atoms with E-state index in [9.17, 15) is 0 Å². The molecule has 1 heterocycles. The number of anilines is 2. The van der Waals surface area contributed by atoms with Crippen molar-refractivity contribution in [3.8, 4) is 0 Å². The first-order chi connectivity index (χ1) is 17.1. The summed E-state index contributed by atoms with van der Waals surface area (Å²) in [7, 11) is 0. The molecular formula is C31H30N2S2. The first-order valence-electron chi connectivity index (χ1n) is 12.1. The molecule has 0 aliphatic carbocycles. The highest BCUT2D eigenvalue weighted by atomic mass is 32.2. The first kappa shape index (κ1) is 23.7. The van der Waals surface area contributed by atoms with E-state index in [1.807, 2.05) is 11.8 Å². The van der Waals surface area contributed by atoms with Crippen LogP contribution in [0, 0.1) is 0 Å². The second kappa shape index (κ2) is 10.3. The van der Waals surface area contributed by atoms with Gasteiger partial charge in [0.2, 0.25) is 0 Å². The lowest BCUT2D eigenvalue weighted by molar-refractivity contribution is 1.01. The Bertz CT molecular complexity index is 1480. The number of nitrogens with zero attached hydrogens (tertiary/aromatic N) is 1. The van der Waals surface area contributed by atoms with Gasteiger partial charge < -0.3 is 10.2 Å². The van der Waals surface area contributed by atoms with E-state index < -0.39 is 0 Å². The number of hydrogen-bond donors (Lipinski definition) is 1. The van der Waals surface area contributed by atoms with E-state index in [-0.39, 0.29) is 0 Å². The quantitative estimate of drug-likeness (QED) is 0.203. The van der Waals surface area contributed by atoms with E-state index in [2.05, 4.69) is 123 Å². The van der Waals surface area contributed by atoms with Crippen molar-refractivity contribution in [3.05, 3.63) is 107 Å². The van der Waals surface area contributed by atoms with Gasteiger partial charge in [0, 0.05) is 38.6 Å². The molecule has 0 fully saturated rings. The van der Waals surface area contributed by atoms with Crippen LogP contribution in [0.2, 0.25) is 0 Å². The van der Waals surface area contributed by atoms with Crippen molar-refractivity contribution in [1.29, 1.82) is 0 Å². The summed E-state index contributed by atoms with van der Waals surface area (Å²) < 4.78 is 0. The van der Waals surface area contributed by atoms with Crippen LogP contribution in [-0.4, -0.2) is 13.1 Å². The molecule has 0 bridgehead atoms. The highest BCUT2D eigenvalue weighted by Crippen LogP contribution is 2.49. The van der Waals surface area contributed by atoms with E-state index in [0.29, 0.717) is 0 Å². The van der Waals surface area contributed by atoms with E-state index in [4.69, 9.17) is 0 Å². The van der Waals surface area contributed by atoms with Crippen molar-refractivity contribution < 1.29 is 0 Å². The highest BCUT2D eigenvalue weighted by Gasteiger charge is 2.25. The number of rotatable bonds is 7. The molecule has 0 aromatic heterocycles. The molecule has 4 aromatic rings. The second-order valence-electron chi connectivity index (χ2n) is 8.61. The van der Waals surface area contributed by atoms with Gasteiger partial charge in [-0.2, -0.15) is 0 Å². The Hall–Kier alpha value is -3.08. The zero-order valence-corrected chi connectivity index (χ0v) is 22.1. The van der Waals surface area contributed by atoms with Gasteiger partial charge in [-0.25, -0.2) is 0 Å². The fourth-order valence-corrected chi connectivity index (χ4v) is 6.85. The Morgan fingerprint density at radius 3 is 2.37 bits per heavy atom. The van der Waals surface area contributed by atoms with Crippen molar-refractivity contribution in [2.75, 3.05) is 23.3 Å². The predicted octanol–water partition coefficient (Wildman–Crippen LogP) is 9.45. The highest BCUT2D eigenvalue weighted by molar-refractivity contribution is 8.04. The van der Waals surface area contributed by atoms with Gasteiger partial charge >= 0.3 is 0 Å². The molecule has 35 heavy (non-hydrogen) atoms. The van der Waals surface area contributed by atoms with Crippen LogP contribution in [0.4, 0.5) is 11.4 Å². The SMILES string of the molecule is C=C(C=C(C)C=C1Sc2ccc3ccccc3c2N1CC)Sc1ccc2ccccc2c1NCC. The third kappa shape index (κ3) is 4.73. The van der Waals surface area contributed by atoms with Gasteiger partial charge in [0.15, 0.2) is 0 Å². The maximum atomic E-state index is 4.37. The molecular weight excluding hydrogens is 464 g/mol. The van der Waals surface area contributed by atoms with Crippen molar-refractivity contribution in [3.63, 3.8) is 0 Å². The van der Waals surface area contributed by atoms with Crippen LogP contribution in [0.5, 0.6) is 0 Å². The summed E-state index contributed by atoms with van der Waals surface area (Å²) in [5.74, 6) is 0. The molecule has 2 nitrogen and oxygen atoms in total. The molecule has 0 amide bonds. The molecule has 0 radical (unpaired) electrons. The van der Waals surface area contributed by atoms with E-state index in [0.717, 1.165) is 18.0 Å². The standard InChI is InChI=1S/C31H30N2S2/c1-5-32-30-25-13-9-7-11-23(25)15-17-27(30)34-22(4)19-21(3)20-29-33(6-2)31-26-14-10-8-12-24(26)16-18-28(31)35-29/h7-20,32H,4-6H2,1-3H3. The van der Waals surface area contributed by atoms with Crippen LogP contribution in [0.1, 0.15) is 20.8 Å². The van der Waals surface area contributed by atoms with Gasteiger partial charge in [-0.15, -0.1) is 0 Å². The van der Waals surface area contributed by atoms with Crippen LogP contribution in [0.15, 0.2) is 117 Å². The fourth-order valence-electron chi connectivity index (χ4n) is 4.65. The van der Waals surface area contributed by atoms with Gasteiger partial charge in [-0.05, 0) is 61.4 Å². The minimum atomic E-state index is 0.883. The van der Waals surface area contributed by atoms with E-state index >= 15 is 0 Å². The van der Waals surface area contributed by atoms with Gasteiger partial charge in [0.1, 0.15) is 0 Å². The Morgan fingerprint density at radius 1 is 0.943 bits per heavy atom. The Balaban J connectivity index is 1.41. The van der Waals surface area contributed by atoms with Crippen LogP contribution in [-0.2, 0) is 0 Å². The minimum Gasteiger partial charge on any atom is -0.384 e. The molecule has 5 rings (SSSR count). The van der Waals surface area contributed by atoms with E-state index in [1.165, 1.54) is 53.3 Å². The number of benzene rings is 4. The van der Waals surface area contributed by atoms with Crippen molar-refractivity contribution in [1.82, 2.24) is 0 Å². The molecule has 4 heteroatoms. The number of hydrogen-bond acceptors (Lipinski definition) is 4. The Morgan fingerprint density at radius 2 is 1.63 bits per heavy atom. The number of fused-ring (bicyclic) bond motifs is 4. The predicted molar refractivity (Wildman–Crippen MR) is 158 cm³/mol. The minimum absolute atomic E-state index is 0.883. The van der Waals surface area contributed by atoms with E-state index in [1.54, 1.807) is 11.8 Å². The summed E-state index contributed by atoms with van der Waals surface area (Å²) in [5.41, 5.74) is 3.72. The molecule has 0 saturated heterocycles. The number of nitrogens with one attached hydrogen (secondary N) is 1. The zero-order chi connectivity index (χ0) is 24.4. The summed E-state index contributed by atoms with van der Waals surface area (Å²) in [5, 5.41) is 9.94. The Labute approximate surface area is 216 Å². The van der Waals surface area contributed by atoms with Crippen LogP contribution in [0.3, 0.4) is 0 Å². The molecule has 0 saturated carbocycles. The van der Waals surface area contributed by atoms with Crippen molar-refractivity contribution >= 4 is 56.4 Å². The lowest BCUT2D eigenvalue weighted by Gasteiger charge is -2.20. The average Bonchev–Trinajstić information content (AvgIpc) is 3.22. The molecule has 0 atom stereocenters. The van der Waals surface area contributed by atoms with Gasteiger partial charge in [-0.1, -0.05) is 90.8 Å². The molecule has 1 aliphatic heterocycles. The molecule has 176 valence electrons. The average molecular weight is 495 g/mol. The zero-order valence-electron chi connectivity index (χ0n) is 20.5. The second-order valence-corrected chi connectivity index (χ2v) is 10.8. The lowest BCUT2D eigenvalue weighted by atomic mass is 10.1. The van der Waals surface area contributed by atoms with Crippen LogP contribution >= 0.6 is 23.5 Å². The summed E-state index contributed by atoms with van der Waals surface area (Å²) >= 11 is 3.58. The molecule has 0 unspecified atom stereocenters. The fraction of sp³-hybridized carbons (Fsp3) is 0.161. The monoisotopic (exact) mass is 494 g/mol. The summed E-state index contributed by atoms with van der Waals surface area (Å²) in [6.07, 6.45) is 4.48. The van der Waals surface area contributed by atoms with Gasteiger partial charge in [0.05, 0.1) is 16.4 Å². The molecule has 0 spiro atoms. The summed E-state index contributed by atoms with van der Waals surface area (Å²) in [4.78, 5) is 5.99. The topological polar surface area (TPSA) is 15.3 Å². The van der Waals surface area contributed by atoms with Crippen LogP contribution in [0.25, 0.3) is 21.5 Å². The van der Waals surface area contributed by atoms with Gasteiger partial charge in [-0.3, -0.25) is 0 Å². The first-order valence-corrected chi connectivity index (χ1v) is 13.7. The van der Waals surface area contributed by atoms with Crippen molar-refractivity contribution in [2.45, 2.75) is 30.6 Å². The maximum absolute atomic E-state index is 4.37. The molecule has 1 N–H and O–H groups in total. The summed E-state index contributed by atoms with van der Waals surface area (Å²) in [6.45, 7) is 12.7. The lowest BCUT2D eigenvalue weighted by Crippen LogP contribution is -2.16. The van der Waals surface area contributed by atoms with Crippen LogP contribution < -0.4 is 10.2 Å².